The Hall–Kier alpha value is -3.73. The molecule has 5 rings (SSSR count). The third kappa shape index (κ3) is 2.36. The van der Waals surface area contributed by atoms with Crippen molar-refractivity contribution < 1.29 is 5.11 Å². The molecule has 0 unspecified atom stereocenters. The number of benzene rings is 2. The molecule has 2 aromatic heterocycles. The zero-order valence-corrected chi connectivity index (χ0v) is 14.3. The molecule has 0 atom stereocenters. The number of hydrogen-bond donors (Lipinski definition) is 1. The highest BCUT2D eigenvalue weighted by Crippen LogP contribution is 2.36. The van der Waals surface area contributed by atoms with Gasteiger partial charge in [0.15, 0.2) is 0 Å². The first-order valence-electron chi connectivity index (χ1n) is 8.66. The van der Waals surface area contributed by atoms with Crippen LogP contribution in [-0.2, 0) is 6.54 Å². The van der Waals surface area contributed by atoms with E-state index >= 15 is 0 Å². The molecule has 2 aromatic carbocycles. The van der Waals surface area contributed by atoms with Crippen molar-refractivity contribution in [3.8, 4) is 0 Å². The first kappa shape index (κ1) is 15.5. The van der Waals surface area contributed by atoms with Gasteiger partial charge in [-0.05, 0) is 35.4 Å². The van der Waals surface area contributed by atoms with Crippen molar-refractivity contribution in [3.63, 3.8) is 0 Å². The molecule has 0 amide bonds. The molecular weight excluding hydrogens is 338 g/mol. The fraction of sp³-hybridized carbons (Fsp3) is 0.0455. The highest BCUT2D eigenvalue weighted by molar-refractivity contribution is 5.96. The Bertz CT molecular complexity index is 1270. The smallest absolute Gasteiger partial charge is 0.281 e. The van der Waals surface area contributed by atoms with E-state index < -0.39 is 0 Å². The standard InChI is InChI=1S/C22H15N3O2/c26-20(14-9-11-23-12-10-14)19-16-6-2-1-5-15(16)13-25-18-8-4-3-7-17(18)22(27)24-21(19)25/h1-12,26H,13H2/b20-19+. The SMILES string of the molecule is O=c1nc2n(c3ccccc13)Cc1ccccc1/C2=C(\O)c1ccncc1. The van der Waals surface area contributed by atoms with E-state index in [0.29, 0.717) is 28.9 Å². The van der Waals surface area contributed by atoms with Gasteiger partial charge in [0.2, 0.25) is 0 Å². The first-order valence-corrected chi connectivity index (χ1v) is 8.66. The van der Waals surface area contributed by atoms with Crippen molar-refractivity contribution in [2.45, 2.75) is 6.54 Å². The highest BCUT2D eigenvalue weighted by atomic mass is 16.3. The van der Waals surface area contributed by atoms with Crippen molar-refractivity contribution in [2.75, 3.05) is 0 Å². The molecule has 5 nitrogen and oxygen atoms in total. The molecule has 3 heterocycles. The van der Waals surface area contributed by atoms with Crippen molar-refractivity contribution >= 4 is 22.2 Å². The second kappa shape index (κ2) is 5.92. The first-order chi connectivity index (χ1) is 13.2. The summed E-state index contributed by atoms with van der Waals surface area (Å²) in [5.41, 5.74) is 3.65. The predicted molar refractivity (Wildman–Crippen MR) is 104 cm³/mol. The Morgan fingerprint density at radius 1 is 0.963 bits per heavy atom. The molecule has 0 radical (unpaired) electrons. The van der Waals surface area contributed by atoms with Gasteiger partial charge < -0.3 is 9.67 Å². The highest BCUT2D eigenvalue weighted by Gasteiger charge is 2.26. The molecule has 0 saturated heterocycles. The summed E-state index contributed by atoms with van der Waals surface area (Å²) in [5.74, 6) is 0.562. The van der Waals surface area contributed by atoms with Crippen LogP contribution in [0.15, 0.2) is 77.9 Å². The Kier molecular flexibility index (Phi) is 3.40. The number of aliphatic hydroxyl groups excluding tert-OH is 1. The molecule has 1 aliphatic rings. The fourth-order valence-electron chi connectivity index (χ4n) is 3.65. The number of fused-ring (bicyclic) bond motifs is 4. The van der Waals surface area contributed by atoms with Crippen LogP contribution >= 0.6 is 0 Å². The van der Waals surface area contributed by atoms with Gasteiger partial charge in [-0.25, -0.2) is 0 Å². The molecule has 4 aromatic rings. The molecule has 27 heavy (non-hydrogen) atoms. The van der Waals surface area contributed by atoms with Gasteiger partial charge in [0.25, 0.3) is 5.56 Å². The lowest BCUT2D eigenvalue weighted by Crippen LogP contribution is -2.24. The minimum absolute atomic E-state index is 0.0838. The molecule has 0 saturated carbocycles. The van der Waals surface area contributed by atoms with E-state index in [9.17, 15) is 9.90 Å². The summed E-state index contributed by atoms with van der Waals surface area (Å²) < 4.78 is 1.99. The Labute approximate surface area is 154 Å². The van der Waals surface area contributed by atoms with Crippen LogP contribution in [-0.4, -0.2) is 19.6 Å². The quantitative estimate of drug-likeness (QED) is 0.467. The van der Waals surface area contributed by atoms with Gasteiger partial charge >= 0.3 is 0 Å². The lowest BCUT2D eigenvalue weighted by atomic mass is 9.92. The second-order valence-corrected chi connectivity index (χ2v) is 6.46. The van der Waals surface area contributed by atoms with Crippen LogP contribution in [0.4, 0.5) is 0 Å². The summed E-state index contributed by atoms with van der Waals surface area (Å²) in [4.78, 5) is 21.0. The van der Waals surface area contributed by atoms with E-state index in [-0.39, 0.29) is 11.3 Å². The summed E-state index contributed by atoms with van der Waals surface area (Å²) in [6.45, 7) is 0.590. The number of para-hydroxylation sites is 1. The number of rotatable bonds is 1. The minimum atomic E-state index is -0.295. The zero-order chi connectivity index (χ0) is 18.4. The van der Waals surface area contributed by atoms with E-state index in [1.54, 1.807) is 30.6 Å². The summed E-state index contributed by atoms with van der Waals surface area (Å²) in [6, 6.07) is 18.8. The van der Waals surface area contributed by atoms with E-state index in [2.05, 4.69) is 9.97 Å². The third-order valence-electron chi connectivity index (χ3n) is 4.92. The average Bonchev–Trinajstić information content (AvgIpc) is 2.73. The van der Waals surface area contributed by atoms with Crippen molar-refractivity contribution in [3.05, 3.63) is 106 Å². The maximum absolute atomic E-state index is 12.6. The van der Waals surface area contributed by atoms with Gasteiger partial charge in [-0.1, -0.05) is 36.4 Å². The number of nitrogens with zero attached hydrogens (tertiary/aromatic N) is 3. The van der Waals surface area contributed by atoms with Gasteiger partial charge in [0.1, 0.15) is 11.6 Å². The van der Waals surface area contributed by atoms with Crippen LogP contribution in [0.3, 0.4) is 0 Å². The van der Waals surface area contributed by atoms with Gasteiger partial charge in [-0.3, -0.25) is 9.78 Å². The average molecular weight is 353 g/mol. The maximum Gasteiger partial charge on any atom is 0.281 e. The molecule has 0 fully saturated rings. The van der Waals surface area contributed by atoms with Gasteiger partial charge in [0.05, 0.1) is 23.0 Å². The summed E-state index contributed by atoms with van der Waals surface area (Å²) >= 11 is 0. The van der Waals surface area contributed by atoms with Crippen LogP contribution < -0.4 is 5.56 Å². The Morgan fingerprint density at radius 3 is 2.56 bits per heavy atom. The van der Waals surface area contributed by atoms with Gasteiger partial charge in [0, 0.05) is 18.0 Å². The number of aromatic nitrogens is 3. The second-order valence-electron chi connectivity index (χ2n) is 6.46. The van der Waals surface area contributed by atoms with Crippen molar-refractivity contribution in [1.82, 2.24) is 14.5 Å². The van der Waals surface area contributed by atoms with Crippen LogP contribution in [0.2, 0.25) is 0 Å². The molecule has 5 heteroatoms. The van der Waals surface area contributed by atoms with Gasteiger partial charge in [-0.2, -0.15) is 4.98 Å². The molecule has 0 aliphatic carbocycles. The number of hydrogen-bond acceptors (Lipinski definition) is 4. The number of aliphatic hydroxyl groups is 1. The molecule has 0 spiro atoms. The molecular formula is C22H15N3O2. The molecule has 1 N–H and O–H groups in total. The molecule has 130 valence electrons. The lowest BCUT2D eigenvalue weighted by molar-refractivity contribution is 0.512. The van der Waals surface area contributed by atoms with Crippen LogP contribution in [0.5, 0.6) is 0 Å². The normalized spacial score (nSPS) is 14.5. The number of pyridine rings is 1. The topological polar surface area (TPSA) is 68.0 Å². The van der Waals surface area contributed by atoms with E-state index in [1.807, 2.05) is 47.0 Å². The third-order valence-corrected chi connectivity index (χ3v) is 4.92. The lowest BCUT2D eigenvalue weighted by Gasteiger charge is -2.26. The molecule has 1 aliphatic heterocycles. The van der Waals surface area contributed by atoms with E-state index in [1.165, 1.54) is 0 Å². The maximum atomic E-state index is 12.6. The summed E-state index contributed by atoms with van der Waals surface area (Å²) in [6.07, 6.45) is 3.25. The zero-order valence-electron chi connectivity index (χ0n) is 14.3. The fourth-order valence-corrected chi connectivity index (χ4v) is 3.65. The minimum Gasteiger partial charge on any atom is -0.507 e. The largest absolute Gasteiger partial charge is 0.507 e. The van der Waals surface area contributed by atoms with Crippen LogP contribution in [0.1, 0.15) is 22.5 Å². The Morgan fingerprint density at radius 2 is 1.70 bits per heavy atom. The van der Waals surface area contributed by atoms with Crippen molar-refractivity contribution in [2.24, 2.45) is 0 Å². The van der Waals surface area contributed by atoms with E-state index in [4.69, 9.17) is 0 Å². The van der Waals surface area contributed by atoms with Gasteiger partial charge in [-0.15, -0.1) is 0 Å². The monoisotopic (exact) mass is 353 g/mol. The van der Waals surface area contributed by atoms with Crippen LogP contribution in [0.25, 0.3) is 22.2 Å². The van der Waals surface area contributed by atoms with Crippen molar-refractivity contribution in [1.29, 1.82) is 0 Å². The Balaban J connectivity index is 1.92. The summed E-state index contributed by atoms with van der Waals surface area (Å²) in [7, 11) is 0. The summed E-state index contributed by atoms with van der Waals surface area (Å²) in [5, 5.41) is 11.7. The van der Waals surface area contributed by atoms with Crippen LogP contribution in [0, 0.1) is 0 Å². The molecule has 0 bridgehead atoms. The predicted octanol–water partition coefficient (Wildman–Crippen LogP) is 3.63. The van der Waals surface area contributed by atoms with E-state index in [0.717, 1.165) is 16.6 Å².